The molecule has 0 aliphatic heterocycles. The summed E-state index contributed by atoms with van der Waals surface area (Å²) >= 11 is 0. The Kier molecular flexibility index (Phi) is 11.6. The van der Waals surface area contributed by atoms with Crippen LogP contribution >= 0.6 is 0 Å². The molecular formula is C30H34N4O6. The van der Waals surface area contributed by atoms with Gasteiger partial charge in [-0.15, -0.1) is 0 Å². The summed E-state index contributed by atoms with van der Waals surface area (Å²) in [6, 6.07) is 20.6. The largest absolute Gasteiger partial charge is 0.469 e. The van der Waals surface area contributed by atoms with Crippen molar-refractivity contribution in [2.75, 3.05) is 19.0 Å². The molecule has 0 saturated heterocycles. The standard InChI is InChI=1S/C30H34N4O6/c1-21-10-8-15-25(32-21)28(36)34-26(16-9-19-31-30(38)40-20-22-11-4-3-5-12-22)29(37)33-24-14-7-6-13-23(24)17-18-27(35)39-2/h3-8,10-15,26H,9,16-20H2,1-2H3,(H,31,38)(H,33,37)(H,34,36)/t26-/m0/s1. The van der Waals surface area contributed by atoms with Crippen LogP contribution in [-0.4, -0.2) is 48.6 Å². The molecule has 0 aliphatic rings. The SMILES string of the molecule is COC(=O)CCc1ccccc1NC(=O)[C@H](CCCNC(=O)OCc1ccccc1)NC(=O)c1cccc(C)n1. The van der Waals surface area contributed by atoms with Gasteiger partial charge in [0.05, 0.1) is 7.11 Å². The first-order chi connectivity index (χ1) is 19.4. The Morgan fingerprint density at radius 3 is 2.42 bits per heavy atom. The molecule has 0 aliphatic carbocycles. The number of anilines is 1. The van der Waals surface area contributed by atoms with E-state index < -0.39 is 23.9 Å². The van der Waals surface area contributed by atoms with E-state index in [0.29, 0.717) is 24.2 Å². The maximum Gasteiger partial charge on any atom is 0.407 e. The molecule has 0 fully saturated rings. The molecule has 2 aromatic carbocycles. The number of para-hydroxylation sites is 1. The number of nitrogens with zero attached hydrogens (tertiary/aromatic N) is 1. The number of hydrogen-bond acceptors (Lipinski definition) is 7. The summed E-state index contributed by atoms with van der Waals surface area (Å²) in [7, 11) is 1.32. The van der Waals surface area contributed by atoms with E-state index in [4.69, 9.17) is 9.47 Å². The van der Waals surface area contributed by atoms with Crippen molar-refractivity contribution in [3.8, 4) is 0 Å². The second kappa shape index (κ2) is 15.6. The fraction of sp³-hybridized carbons (Fsp3) is 0.300. The maximum atomic E-state index is 13.3. The van der Waals surface area contributed by atoms with Crippen LogP contribution in [0.1, 0.15) is 46.6 Å². The van der Waals surface area contributed by atoms with Gasteiger partial charge >= 0.3 is 12.1 Å². The van der Waals surface area contributed by atoms with E-state index in [2.05, 4.69) is 20.9 Å². The van der Waals surface area contributed by atoms with Crippen molar-refractivity contribution in [2.45, 2.75) is 45.3 Å². The van der Waals surface area contributed by atoms with Crippen LogP contribution in [0.2, 0.25) is 0 Å². The van der Waals surface area contributed by atoms with Gasteiger partial charge in [-0.1, -0.05) is 54.6 Å². The molecule has 1 aromatic heterocycles. The highest BCUT2D eigenvalue weighted by Crippen LogP contribution is 2.18. The summed E-state index contributed by atoms with van der Waals surface area (Å²) in [5, 5.41) is 8.30. The van der Waals surface area contributed by atoms with Crippen LogP contribution in [0.15, 0.2) is 72.8 Å². The van der Waals surface area contributed by atoms with E-state index in [1.54, 1.807) is 37.3 Å². The quantitative estimate of drug-likeness (QED) is 0.218. The van der Waals surface area contributed by atoms with Crippen molar-refractivity contribution in [2.24, 2.45) is 0 Å². The van der Waals surface area contributed by atoms with Gasteiger partial charge in [0.2, 0.25) is 5.91 Å². The number of ether oxygens (including phenoxy) is 2. The monoisotopic (exact) mass is 546 g/mol. The van der Waals surface area contributed by atoms with Crippen molar-refractivity contribution in [1.29, 1.82) is 0 Å². The number of esters is 1. The Hall–Kier alpha value is -4.73. The van der Waals surface area contributed by atoms with E-state index in [1.165, 1.54) is 7.11 Å². The second-order valence-electron chi connectivity index (χ2n) is 9.04. The number of methoxy groups -OCH3 is 1. The summed E-state index contributed by atoms with van der Waals surface area (Å²) in [5.41, 5.74) is 3.03. The Bertz CT molecular complexity index is 1300. The molecule has 3 amide bonds. The lowest BCUT2D eigenvalue weighted by Crippen LogP contribution is -2.44. The zero-order valence-corrected chi connectivity index (χ0v) is 22.6. The third-order valence-electron chi connectivity index (χ3n) is 6.00. The van der Waals surface area contributed by atoms with Crippen LogP contribution in [0.25, 0.3) is 0 Å². The highest BCUT2D eigenvalue weighted by atomic mass is 16.5. The number of carbonyl (C=O) groups excluding carboxylic acids is 4. The number of nitrogens with one attached hydrogen (secondary N) is 3. The molecule has 1 heterocycles. The molecular weight excluding hydrogens is 512 g/mol. The van der Waals surface area contributed by atoms with Gasteiger partial charge in [-0.3, -0.25) is 14.4 Å². The smallest absolute Gasteiger partial charge is 0.407 e. The molecule has 0 saturated carbocycles. The third kappa shape index (κ3) is 9.86. The van der Waals surface area contributed by atoms with E-state index in [9.17, 15) is 19.2 Å². The molecule has 3 rings (SSSR count). The average Bonchev–Trinajstić information content (AvgIpc) is 2.97. The predicted molar refractivity (Wildman–Crippen MR) is 150 cm³/mol. The second-order valence-corrected chi connectivity index (χ2v) is 9.04. The number of pyridine rings is 1. The zero-order chi connectivity index (χ0) is 28.7. The normalized spacial score (nSPS) is 11.2. The predicted octanol–water partition coefficient (Wildman–Crippen LogP) is 3.94. The molecule has 40 heavy (non-hydrogen) atoms. The zero-order valence-electron chi connectivity index (χ0n) is 22.6. The van der Waals surface area contributed by atoms with Crippen molar-refractivity contribution in [3.63, 3.8) is 0 Å². The van der Waals surface area contributed by atoms with Gasteiger partial charge in [0, 0.05) is 24.3 Å². The molecule has 3 N–H and O–H groups in total. The molecule has 3 aromatic rings. The summed E-state index contributed by atoms with van der Waals surface area (Å²) in [4.78, 5) is 54.2. The van der Waals surface area contributed by atoms with Crippen LogP contribution in [0.3, 0.4) is 0 Å². The molecule has 0 bridgehead atoms. The number of rotatable bonds is 13. The Morgan fingerprint density at radius 2 is 1.68 bits per heavy atom. The molecule has 10 heteroatoms. The molecule has 1 atom stereocenters. The summed E-state index contributed by atoms with van der Waals surface area (Å²) in [6.07, 6.45) is 0.602. The van der Waals surface area contributed by atoms with Crippen molar-refractivity contribution < 1.29 is 28.7 Å². The van der Waals surface area contributed by atoms with Gasteiger partial charge in [0.15, 0.2) is 0 Å². The summed E-state index contributed by atoms with van der Waals surface area (Å²) < 4.78 is 9.93. The average molecular weight is 547 g/mol. The minimum atomic E-state index is -0.911. The van der Waals surface area contributed by atoms with Gasteiger partial charge in [0.25, 0.3) is 5.91 Å². The van der Waals surface area contributed by atoms with Crippen LogP contribution in [-0.2, 0) is 32.1 Å². The minimum Gasteiger partial charge on any atom is -0.469 e. The van der Waals surface area contributed by atoms with E-state index in [1.807, 2.05) is 42.5 Å². The first-order valence-electron chi connectivity index (χ1n) is 13.0. The fourth-order valence-corrected chi connectivity index (χ4v) is 3.86. The van der Waals surface area contributed by atoms with Crippen molar-refractivity contribution >= 4 is 29.6 Å². The Morgan fingerprint density at radius 1 is 0.925 bits per heavy atom. The number of aryl methyl sites for hydroxylation is 2. The van der Waals surface area contributed by atoms with Crippen molar-refractivity contribution in [1.82, 2.24) is 15.6 Å². The molecule has 0 unspecified atom stereocenters. The number of alkyl carbamates (subject to hydrolysis) is 1. The number of carbonyl (C=O) groups is 4. The first-order valence-corrected chi connectivity index (χ1v) is 13.0. The highest BCUT2D eigenvalue weighted by Gasteiger charge is 2.23. The minimum absolute atomic E-state index is 0.145. The fourth-order valence-electron chi connectivity index (χ4n) is 3.86. The highest BCUT2D eigenvalue weighted by molar-refractivity contribution is 6.00. The van der Waals surface area contributed by atoms with Crippen LogP contribution in [0, 0.1) is 6.92 Å². The molecule has 10 nitrogen and oxygen atoms in total. The van der Waals surface area contributed by atoms with Gasteiger partial charge in [0.1, 0.15) is 18.3 Å². The number of amides is 3. The number of benzene rings is 2. The Labute approximate surface area is 233 Å². The maximum absolute atomic E-state index is 13.3. The lowest BCUT2D eigenvalue weighted by Gasteiger charge is -2.20. The van der Waals surface area contributed by atoms with E-state index in [0.717, 1.165) is 11.1 Å². The van der Waals surface area contributed by atoms with Gasteiger partial charge in [-0.25, -0.2) is 9.78 Å². The van der Waals surface area contributed by atoms with E-state index in [-0.39, 0.29) is 37.7 Å². The van der Waals surface area contributed by atoms with Gasteiger partial charge < -0.3 is 25.4 Å². The summed E-state index contributed by atoms with van der Waals surface area (Å²) in [6.45, 7) is 2.16. The lowest BCUT2D eigenvalue weighted by atomic mass is 10.1. The number of aromatic nitrogens is 1. The lowest BCUT2D eigenvalue weighted by molar-refractivity contribution is -0.140. The Balaban J connectivity index is 1.61. The topological polar surface area (TPSA) is 136 Å². The summed E-state index contributed by atoms with van der Waals surface area (Å²) in [5.74, 6) is -1.28. The first kappa shape index (κ1) is 29.8. The molecule has 0 radical (unpaired) electrons. The third-order valence-corrected chi connectivity index (χ3v) is 6.00. The van der Waals surface area contributed by atoms with E-state index >= 15 is 0 Å². The van der Waals surface area contributed by atoms with Crippen LogP contribution < -0.4 is 16.0 Å². The van der Waals surface area contributed by atoms with Crippen molar-refractivity contribution in [3.05, 3.63) is 95.3 Å². The number of hydrogen-bond donors (Lipinski definition) is 3. The van der Waals surface area contributed by atoms with Crippen LogP contribution in [0.5, 0.6) is 0 Å². The molecule has 210 valence electrons. The van der Waals surface area contributed by atoms with Gasteiger partial charge in [-0.05, 0) is 55.5 Å². The van der Waals surface area contributed by atoms with Gasteiger partial charge in [-0.2, -0.15) is 0 Å². The van der Waals surface area contributed by atoms with Crippen LogP contribution in [0.4, 0.5) is 10.5 Å². The molecule has 0 spiro atoms.